The van der Waals surface area contributed by atoms with E-state index in [1.165, 1.54) is 18.1 Å². The smallest absolute Gasteiger partial charge is 0.0340 e. The van der Waals surface area contributed by atoms with Crippen LogP contribution in [0, 0.1) is 5.41 Å². The van der Waals surface area contributed by atoms with E-state index in [2.05, 4.69) is 32.7 Å². The molecule has 78 valence electrons. The van der Waals surface area contributed by atoms with Gasteiger partial charge in [-0.1, -0.05) is 20.8 Å². The third-order valence-electron chi connectivity index (χ3n) is 2.86. The van der Waals surface area contributed by atoms with Crippen molar-refractivity contribution in [2.45, 2.75) is 32.9 Å². The molecule has 13 heavy (non-hydrogen) atoms. The van der Waals surface area contributed by atoms with Crippen LogP contribution in [0.1, 0.15) is 20.8 Å². The molecule has 2 N–H and O–H groups in total. The van der Waals surface area contributed by atoms with E-state index in [-0.39, 0.29) is 11.5 Å². The molecule has 0 radical (unpaired) electrons. The molecular formula is C10H22N2S. The fourth-order valence-electron chi connectivity index (χ4n) is 1.66. The first-order valence-electron chi connectivity index (χ1n) is 4.96. The second-order valence-corrected chi connectivity index (χ2v) is 6.16. The Bertz CT molecular complexity index is 165. The van der Waals surface area contributed by atoms with Crippen molar-refractivity contribution in [3.63, 3.8) is 0 Å². The van der Waals surface area contributed by atoms with Crippen molar-refractivity contribution < 1.29 is 0 Å². The topological polar surface area (TPSA) is 29.3 Å². The summed E-state index contributed by atoms with van der Waals surface area (Å²) in [6.45, 7) is 7.86. The Morgan fingerprint density at radius 3 is 2.54 bits per heavy atom. The molecule has 1 fully saturated rings. The van der Waals surface area contributed by atoms with Gasteiger partial charge in [-0.2, -0.15) is 11.8 Å². The van der Waals surface area contributed by atoms with E-state index in [4.69, 9.17) is 5.73 Å². The lowest BCUT2D eigenvalue weighted by Crippen LogP contribution is -2.55. The molecule has 1 heterocycles. The lowest BCUT2D eigenvalue weighted by atomic mass is 9.83. The van der Waals surface area contributed by atoms with Crippen LogP contribution < -0.4 is 5.73 Å². The van der Waals surface area contributed by atoms with Crippen LogP contribution in [0.15, 0.2) is 0 Å². The summed E-state index contributed by atoms with van der Waals surface area (Å²) in [6, 6.07) is 0.837. The third kappa shape index (κ3) is 2.86. The second kappa shape index (κ2) is 4.20. The molecule has 1 saturated heterocycles. The standard InChI is InChI=1S/C10H22N2S/c1-10(2,3)9(11)8-7-13-6-5-12(8)4/h8-9H,5-7,11H2,1-4H3. The van der Waals surface area contributed by atoms with Gasteiger partial charge in [0.25, 0.3) is 0 Å². The second-order valence-electron chi connectivity index (χ2n) is 5.01. The summed E-state index contributed by atoms with van der Waals surface area (Å²) in [4.78, 5) is 2.41. The molecule has 1 aliphatic heterocycles. The van der Waals surface area contributed by atoms with Crippen molar-refractivity contribution in [3.05, 3.63) is 0 Å². The molecule has 0 aliphatic carbocycles. The maximum Gasteiger partial charge on any atom is 0.0340 e. The number of rotatable bonds is 1. The third-order valence-corrected chi connectivity index (χ3v) is 3.91. The van der Waals surface area contributed by atoms with E-state index < -0.39 is 0 Å². The number of nitrogens with zero attached hydrogens (tertiary/aromatic N) is 1. The molecule has 0 aromatic rings. The Hall–Kier alpha value is 0.270. The van der Waals surface area contributed by atoms with E-state index >= 15 is 0 Å². The summed E-state index contributed by atoms with van der Waals surface area (Å²) in [5.41, 5.74) is 6.48. The molecule has 0 bridgehead atoms. The first kappa shape index (κ1) is 11.3. The fourth-order valence-corrected chi connectivity index (χ4v) is 2.95. The highest BCUT2D eigenvalue weighted by Gasteiger charge is 2.32. The van der Waals surface area contributed by atoms with Crippen LogP contribution in [0.3, 0.4) is 0 Å². The van der Waals surface area contributed by atoms with Gasteiger partial charge in [0.2, 0.25) is 0 Å². The molecule has 3 heteroatoms. The van der Waals surface area contributed by atoms with Gasteiger partial charge < -0.3 is 10.6 Å². The molecule has 2 atom stereocenters. The minimum Gasteiger partial charge on any atom is -0.326 e. The Labute approximate surface area is 86.2 Å². The lowest BCUT2D eigenvalue weighted by molar-refractivity contribution is 0.165. The molecule has 0 spiro atoms. The number of hydrogen-bond acceptors (Lipinski definition) is 3. The summed E-state index contributed by atoms with van der Waals surface area (Å²) in [5, 5.41) is 0. The Kier molecular flexibility index (Phi) is 3.66. The quantitative estimate of drug-likeness (QED) is 0.697. The van der Waals surface area contributed by atoms with Crippen LogP contribution in [0.2, 0.25) is 0 Å². The van der Waals surface area contributed by atoms with Gasteiger partial charge in [-0.3, -0.25) is 0 Å². The van der Waals surface area contributed by atoms with Crippen LogP contribution in [0.5, 0.6) is 0 Å². The number of thioether (sulfide) groups is 1. The number of nitrogens with two attached hydrogens (primary N) is 1. The van der Waals surface area contributed by atoms with Crippen LogP contribution in [-0.2, 0) is 0 Å². The summed E-state index contributed by atoms with van der Waals surface area (Å²) in [7, 11) is 2.19. The van der Waals surface area contributed by atoms with Gasteiger partial charge in [0.1, 0.15) is 0 Å². The fraction of sp³-hybridized carbons (Fsp3) is 1.00. The Balaban J connectivity index is 2.58. The molecule has 0 aromatic carbocycles. The highest BCUT2D eigenvalue weighted by atomic mass is 32.2. The van der Waals surface area contributed by atoms with Gasteiger partial charge in [0.05, 0.1) is 0 Å². The lowest BCUT2D eigenvalue weighted by Gasteiger charge is -2.41. The molecular weight excluding hydrogens is 180 g/mol. The van der Waals surface area contributed by atoms with Gasteiger partial charge in [-0.05, 0) is 12.5 Å². The van der Waals surface area contributed by atoms with Gasteiger partial charge in [-0.15, -0.1) is 0 Å². The minimum atomic E-state index is 0.219. The van der Waals surface area contributed by atoms with Gasteiger partial charge in [0.15, 0.2) is 0 Å². The van der Waals surface area contributed by atoms with E-state index in [1.807, 2.05) is 11.8 Å². The molecule has 0 amide bonds. The van der Waals surface area contributed by atoms with Crippen LogP contribution >= 0.6 is 11.8 Å². The zero-order chi connectivity index (χ0) is 10.1. The molecule has 0 saturated carbocycles. The van der Waals surface area contributed by atoms with Crippen LogP contribution in [0.4, 0.5) is 0 Å². The van der Waals surface area contributed by atoms with Crippen LogP contribution in [-0.4, -0.2) is 42.1 Å². The molecule has 1 rings (SSSR count). The summed E-state index contributed by atoms with van der Waals surface area (Å²) in [6.07, 6.45) is 0. The average Bonchev–Trinajstić information content (AvgIpc) is 2.02. The predicted octanol–water partition coefficient (Wildman–Crippen LogP) is 1.41. The molecule has 0 aromatic heterocycles. The minimum absolute atomic E-state index is 0.219. The molecule has 2 unspecified atom stereocenters. The van der Waals surface area contributed by atoms with Crippen molar-refractivity contribution in [1.82, 2.24) is 4.90 Å². The van der Waals surface area contributed by atoms with Gasteiger partial charge in [-0.25, -0.2) is 0 Å². The Morgan fingerprint density at radius 2 is 2.08 bits per heavy atom. The largest absolute Gasteiger partial charge is 0.326 e. The summed E-state index contributed by atoms with van der Waals surface area (Å²) < 4.78 is 0. The zero-order valence-electron chi connectivity index (χ0n) is 9.21. The van der Waals surface area contributed by atoms with Gasteiger partial charge in [0, 0.05) is 30.1 Å². The van der Waals surface area contributed by atoms with Gasteiger partial charge >= 0.3 is 0 Å². The van der Waals surface area contributed by atoms with Crippen molar-refractivity contribution in [3.8, 4) is 0 Å². The first-order valence-corrected chi connectivity index (χ1v) is 6.12. The van der Waals surface area contributed by atoms with Crippen molar-refractivity contribution in [2.75, 3.05) is 25.1 Å². The number of likely N-dealkylation sites (N-methyl/N-ethyl adjacent to an activating group) is 1. The highest BCUT2D eigenvalue weighted by molar-refractivity contribution is 7.99. The SMILES string of the molecule is CN1CCSCC1C(N)C(C)(C)C. The van der Waals surface area contributed by atoms with E-state index in [0.29, 0.717) is 6.04 Å². The first-order chi connectivity index (χ1) is 5.93. The summed E-state index contributed by atoms with van der Waals surface area (Å²) >= 11 is 2.03. The average molecular weight is 202 g/mol. The number of hydrogen-bond donors (Lipinski definition) is 1. The van der Waals surface area contributed by atoms with Crippen LogP contribution in [0.25, 0.3) is 0 Å². The van der Waals surface area contributed by atoms with Crippen molar-refractivity contribution in [2.24, 2.45) is 11.1 Å². The van der Waals surface area contributed by atoms with E-state index in [1.54, 1.807) is 0 Å². The molecule has 1 aliphatic rings. The normalized spacial score (nSPS) is 28.8. The monoisotopic (exact) mass is 202 g/mol. The maximum absolute atomic E-state index is 6.26. The van der Waals surface area contributed by atoms with Crippen molar-refractivity contribution in [1.29, 1.82) is 0 Å². The summed E-state index contributed by atoms with van der Waals surface area (Å²) in [5.74, 6) is 2.44. The molecule has 2 nitrogen and oxygen atoms in total. The van der Waals surface area contributed by atoms with Crippen molar-refractivity contribution >= 4 is 11.8 Å². The maximum atomic E-state index is 6.26. The Morgan fingerprint density at radius 1 is 1.46 bits per heavy atom. The predicted molar refractivity (Wildman–Crippen MR) is 61.2 cm³/mol. The van der Waals surface area contributed by atoms with E-state index in [0.717, 1.165) is 0 Å². The zero-order valence-corrected chi connectivity index (χ0v) is 10.0. The van der Waals surface area contributed by atoms with E-state index in [9.17, 15) is 0 Å². The highest BCUT2D eigenvalue weighted by Crippen LogP contribution is 2.26.